The first-order valence-electron chi connectivity index (χ1n) is 32.6. The summed E-state index contributed by atoms with van der Waals surface area (Å²) in [4.78, 5) is 101. The van der Waals surface area contributed by atoms with Crippen LogP contribution in [0.2, 0.25) is 0 Å². The second kappa shape index (κ2) is 55.8. The molecule has 0 aromatic heterocycles. The summed E-state index contributed by atoms with van der Waals surface area (Å²) in [6.45, 7) is 8.55. The number of aryl methyl sites for hydroxylation is 1. The number of carbonyl (C=O) groups is 8. The van der Waals surface area contributed by atoms with Crippen molar-refractivity contribution < 1.29 is 141 Å². The van der Waals surface area contributed by atoms with Crippen LogP contribution in [0.25, 0.3) is 0 Å². The zero-order chi connectivity index (χ0) is 72.1. The van der Waals surface area contributed by atoms with Crippen LogP contribution < -0.4 is 36.8 Å². The summed E-state index contributed by atoms with van der Waals surface area (Å²) in [6, 6.07) is 3.28. The van der Waals surface area contributed by atoms with Crippen molar-refractivity contribution in [2.45, 2.75) is 101 Å². The highest BCUT2D eigenvalue weighted by molar-refractivity contribution is 6.28. The van der Waals surface area contributed by atoms with Gasteiger partial charge in [0.25, 0.3) is 17.7 Å². The molecule has 1 aliphatic heterocycles. The van der Waals surface area contributed by atoms with Crippen molar-refractivity contribution in [1.29, 1.82) is 0 Å². The second-order valence-corrected chi connectivity index (χ2v) is 21.5. The molecule has 0 unspecified atom stereocenters. The van der Waals surface area contributed by atoms with Gasteiger partial charge in [0, 0.05) is 50.2 Å². The van der Waals surface area contributed by atoms with E-state index in [1.165, 1.54) is 6.07 Å². The molecule has 1 aromatic carbocycles. The number of aliphatic hydroxyl groups is 9. The maximum absolute atomic E-state index is 13.1. The number of carbonyl (C=O) groups excluding carboxylic acids is 8. The van der Waals surface area contributed by atoms with Crippen LogP contribution in [0.1, 0.15) is 55.5 Å². The predicted molar refractivity (Wildman–Crippen MR) is 343 cm³/mol. The predicted octanol–water partition coefficient (Wildman–Crippen LogP) is -6.98. The number of hydrogen-bond acceptors (Lipinski definition) is 29. The minimum atomic E-state index is -1.93. The summed E-state index contributed by atoms with van der Waals surface area (Å²) in [5, 5.41) is 103. The van der Waals surface area contributed by atoms with Crippen molar-refractivity contribution in [2.24, 2.45) is 0 Å². The minimum Gasteiger partial charge on any atom is -0.394 e. The van der Waals surface area contributed by atoms with Gasteiger partial charge in [-0.05, 0) is 37.0 Å². The van der Waals surface area contributed by atoms with Crippen molar-refractivity contribution in [3.63, 3.8) is 0 Å². The van der Waals surface area contributed by atoms with Gasteiger partial charge in [-0.3, -0.25) is 38.4 Å². The Kier molecular flexibility index (Phi) is 50.2. The van der Waals surface area contributed by atoms with E-state index in [0.717, 1.165) is 17.1 Å². The lowest BCUT2D eigenvalue weighted by Crippen LogP contribution is -2.52. The number of hydrogen-bond donors (Lipinski definition) is 15. The number of aliphatic hydroxyl groups excluding tert-OH is 9. The fourth-order valence-electron chi connectivity index (χ4n) is 8.33. The first kappa shape index (κ1) is 88.2. The highest BCUT2D eigenvalue weighted by atomic mass is 16.6. The molecular formula is C62H105N7O29. The fourth-order valence-corrected chi connectivity index (χ4v) is 8.33. The van der Waals surface area contributed by atoms with Crippen LogP contribution in [0, 0.1) is 0 Å². The molecule has 1 aliphatic rings. The van der Waals surface area contributed by atoms with Crippen LogP contribution in [-0.4, -0.2) is 346 Å². The van der Waals surface area contributed by atoms with E-state index in [-0.39, 0.29) is 76.6 Å². The Labute approximate surface area is 569 Å². The quantitative estimate of drug-likeness (QED) is 0.0213. The third-order valence-corrected chi connectivity index (χ3v) is 14.0. The van der Waals surface area contributed by atoms with Crippen LogP contribution in [0.4, 0.5) is 5.69 Å². The van der Waals surface area contributed by atoms with Gasteiger partial charge in [0.05, 0.1) is 202 Å². The minimum absolute atomic E-state index is 0.0684. The first-order chi connectivity index (χ1) is 47.2. The molecule has 1 aromatic rings. The Balaban J connectivity index is 1.34. The van der Waals surface area contributed by atoms with Crippen LogP contribution in [-0.2, 0) is 96.8 Å². The van der Waals surface area contributed by atoms with E-state index < -0.39 is 135 Å². The van der Waals surface area contributed by atoms with Gasteiger partial charge in [-0.2, -0.15) is 0 Å². The molecular weight excluding hydrogens is 1310 g/mol. The largest absolute Gasteiger partial charge is 0.394 e. The third kappa shape index (κ3) is 40.4. The van der Waals surface area contributed by atoms with E-state index in [1.54, 1.807) is 19.1 Å². The molecule has 1 heterocycles. The molecule has 0 radical (unpaired) electrons. The molecule has 562 valence electrons. The molecule has 36 heteroatoms. The number of nitrogens with zero attached hydrogens (tertiary/aromatic N) is 1. The molecule has 0 fully saturated rings. The molecule has 8 amide bonds. The van der Waals surface area contributed by atoms with Crippen LogP contribution in [0.3, 0.4) is 0 Å². The number of imide groups is 1. The third-order valence-electron chi connectivity index (χ3n) is 14.0. The maximum atomic E-state index is 13.1. The topological polar surface area (TPSA) is 505 Å². The summed E-state index contributed by atoms with van der Waals surface area (Å²) in [5.41, 5.74) is 1.11. The van der Waals surface area contributed by atoms with Crippen molar-refractivity contribution in [2.75, 3.05) is 203 Å². The number of nitrogens with one attached hydrogen (secondary N) is 6. The van der Waals surface area contributed by atoms with Gasteiger partial charge in [-0.25, -0.2) is 4.90 Å². The zero-order valence-electron chi connectivity index (χ0n) is 56.0. The lowest BCUT2D eigenvalue weighted by Gasteiger charge is -2.27. The van der Waals surface area contributed by atoms with E-state index in [1.807, 2.05) is 6.92 Å². The van der Waals surface area contributed by atoms with E-state index in [0.29, 0.717) is 138 Å². The molecule has 9 atom stereocenters. The van der Waals surface area contributed by atoms with Crippen LogP contribution in [0.5, 0.6) is 0 Å². The van der Waals surface area contributed by atoms with Gasteiger partial charge in [0.1, 0.15) is 36.6 Å². The van der Waals surface area contributed by atoms with Crippen LogP contribution >= 0.6 is 0 Å². The van der Waals surface area contributed by atoms with Crippen LogP contribution in [0.15, 0.2) is 30.4 Å². The standard InChI is InChI=1S/C62H105N7O29/c1-3-43-5-6-44(69-55(79)9-10-56(69)80)37-45(43)61(85)67-41-54(78)65-40-53(77)63-12-14-88-16-18-90-20-22-92-24-26-94-28-30-96-32-34-98-36-35-97-33-31-95-29-27-93-25-23-91-21-19-89-17-15-87-13-11-52(76)68-46(62(86)66-39-49(73)58(82)57(81)47(71)4-2)7-8-51(75)64-38-48(72)59(83)60(84)50(74)42-70/h5-6,9-10,37,46-50,57-60,70-74,81-84H,3-4,7-8,11-36,38-42H2,1-2H3,(H,63,77)(H,64,75)(H,65,78)(H,66,86)(H,67,85)(H,68,76)/t46-,47+,48-,49-,50+,57+,58+,59+,60+/m0/s1. The van der Waals surface area contributed by atoms with Gasteiger partial charge in [0.2, 0.25) is 29.5 Å². The average molecular weight is 1410 g/mol. The number of amides is 8. The zero-order valence-corrected chi connectivity index (χ0v) is 56.0. The Morgan fingerprint density at radius 2 is 0.816 bits per heavy atom. The van der Waals surface area contributed by atoms with E-state index in [2.05, 4.69) is 31.9 Å². The highest BCUT2D eigenvalue weighted by Gasteiger charge is 2.33. The van der Waals surface area contributed by atoms with Crippen molar-refractivity contribution >= 4 is 52.9 Å². The highest BCUT2D eigenvalue weighted by Crippen LogP contribution is 2.23. The monoisotopic (exact) mass is 1410 g/mol. The Morgan fingerprint density at radius 3 is 1.24 bits per heavy atom. The van der Waals surface area contributed by atoms with E-state index >= 15 is 0 Å². The Hall–Kier alpha value is -5.92. The molecule has 0 bridgehead atoms. The van der Waals surface area contributed by atoms with Gasteiger partial charge in [-0.15, -0.1) is 0 Å². The lowest BCUT2D eigenvalue weighted by atomic mass is 10.0. The molecule has 0 saturated heterocycles. The summed E-state index contributed by atoms with van der Waals surface area (Å²) in [7, 11) is 0. The lowest BCUT2D eigenvalue weighted by molar-refractivity contribution is -0.132. The summed E-state index contributed by atoms with van der Waals surface area (Å²) in [6.07, 6.45) is -12.0. The average Bonchev–Trinajstić information content (AvgIpc) is 1.52. The molecule has 36 nitrogen and oxygen atoms in total. The first-order valence-corrected chi connectivity index (χ1v) is 32.6. The second-order valence-electron chi connectivity index (χ2n) is 21.5. The van der Waals surface area contributed by atoms with Gasteiger partial charge in [-0.1, -0.05) is 19.9 Å². The molecule has 98 heavy (non-hydrogen) atoms. The Bertz CT molecular complexity index is 2400. The van der Waals surface area contributed by atoms with Crippen molar-refractivity contribution in [1.82, 2.24) is 31.9 Å². The maximum Gasteiger partial charge on any atom is 0.258 e. The van der Waals surface area contributed by atoms with Crippen molar-refractivity contribution in [3.8, 4) is 0 Å². The molecule has 0 spiro atoms. The normalized spacial score (nSPS) is 15.0. The van der Waals surface area contributed by atoms with Gasteiger partial charge in [0.15, 0.2) is 0 Å². The number of rotatable bonds is 63. The van der Waals surface area contributed by atoms with E-state index in [9.17, 15) is 79.2 Å². The SMILES string of the molecule is CCc1ccc(N2C(=O)C=CC2=O)cc1C(=O)NCC(=O)NCC(=O)NCCOCCOCCOCCOCCOCCOCCOCCOCCOCCOCCOCCOCCC(=O)N[C@@H](CCC(=O)NC[C@H](O)[C@@H](O)[C@H](O)[C@H](O)CO)C(=O)NC[C@H](O)[C@@H](O)[C@H](O)[C@H](O)CC. The Morgan fingerprint density at radius 1 is 0.429 bits per heavy atom. The van der Waals surface area contributed by atoms with Crippen molar-refractivity contribution in [3.05, 3.63) is 41.5 Å². The summed E-state index contributed by atoms with van der Waals surface area (Å²) in [5.74, 6) is -4.91. The fraction of sp³-hybridized carbons (Fsp3) is 0.742. The van der Waals surface area contributed by atoms with E-state index in [4.69, 9.17) is 61.9 Å². The van der Waals surface area contributed by atoms with Gasteiger partial charge < -0.3 is 135 Å². The number of benzene rings is 1. The summed E-state index contributed by atoms with van der Waals surface area (Å²) >= 11 is 0. The molecule has 0 saturated carbocycles. The molecule has 2 rings (SSSR count). The molecule has 15 N–H and O–H groups in total. The summed E-state index contributed by atoms with van der Waals surface area (Å²) < 4.78 is 65.8. The number of ether oxygens (including phenoxy) is 12. The smallest absolute Gasteiger partial charge is 0.258 e. The number of anilines is 1. The molecule has 0 aliphatic carbocycles. The van der Waals surface area contributed by atoms with Gasteiger partial charge >= 0.3 is 0 Å².